The van der Waals surface area contributed by atoms with Gasteiger partial charge in [-0.1, -0.05) is 40.5 Å². The van der Waals surface area contributed by atoms with Gasteiger partial charge in [0, 0.05) is 28.8 Å². The first-order valence-electron chi connectivity index (χ1n) is 8.56. The van der Waals surface area contributed by atoms with E-state index < -0.39 is 0 Å². The minimum atomic E-state index is -0.0553. The highest BCUT2D eigenvalue weighted by Gasteiger charge is 2.17. The van der Waals surface area contributed by atoms with Crippen LogP contribution in [0.5, 0.6) is 0 Å². The number of hydrogen-bond donors (Lipinski definition) is 0. The molecule has 1 aromatic heterocycles. The standard InChI is InChI=1S/C21H21ClN2O2/c1-4-24(21(25)16-6-8-17(22)9-7-16)13-18-12-20(26-23-18)19-10-5-14(2)11-15(19)3/h5-12H,4,13H2,1-3H3. The Morgan fingerprint density at radius 2 is 1.85 bits per heavy atom. The van der Waals surface area contributed by atoms with Crippen molar-refractivity contribution >= 4 is 17.5 Å². The molecular weight excluding hydrogens is 348 g/mol. The van der Waals surface area contributed by atoms with Crippen molar-refractivity contribution in [2.75, 3.05) is 6.54 Å². The molecule has 1 amide bonds. The maximum atomic E-state index is 12.7. The summed E-state index contributed by atoms with van der Waals surface area (Å²) in [6.07, 6.45) is 0. The van der Waals surface area contributed by atoms with Crippen molar-refractivity contribution in [2.45, 2.75) is 27.3 Å². The molecule has 134 valence electrons. The van der Waals surface area contributed by atoms with Gasteiger partial charge >= 0.3 is 0 Å². The minimum absolute atomic E-state index is 0.0553. The molecule has 2 aromatic carbocycles. The molecule has 0 N–H and O–H groups in total. The molecule has 5 heteroatoms. The van der Waals surface area contributed by atoms with E-state index in [1.54, 1.807) is 29.2 Å². The molecule has 0 spiro atoms. The highest BCUT2D eigenvalue weighted by molar-refractivity contribution is 6.30. The number of carbonyl (C=O) groups is 1. The third-order valence-electron chi connectivity index (χ3n) is 4.32. The monoisotopic (exact) mass is 368 g/mol. The van der Waals surface area contributed by atoms with Crippen molar-refractivity contribution in [3.8, 4) is 11.3 Å². The van der Waals surface area contributed by atoms with E-state index >= 15 is 0 Å². The van der Waals surface area contributed by atoms with Crippen molar-refractivity contribution in [3.63, 3.8) is 0 Å². The lowest BCUT2D eigenvalue weighted by atomic mass is 10.0. The van der Waals surface area contributed by atoms with Crippen molar-refractivity contribution in [1.29, 1.82) is 0 Å². The van der Waals surface area contributed by atoms with Crippen molar-refractivity contribution in [1.82, 2.24) is 10.1 Å². The van der Waals surface area contributed by atoms with Crippen LogP contribution in [0.3, 0.4) is 0 Å². The predicted octanol–water partition coefficient (Wildman–Crippen LogP) is 5.27. The third kappa shape index (κ3) is 3.97. The zero-order valence-electron chi connectivity index (χ0n) is 15.1. The fourth-order valence-corrected chi connectivity index (χ4v) is 3.03. The zero-order chi connectivity index (χ0) is 18.7. The lowest BCUT2D eigenvalue weighted by Crippen LogP contribution is -2.30. The summed E-state index contributed by atoms with van der Waals surface area (Å²) in [5, 5.41) is 4.75. The van der Waals surface area contributed by atoms with Crippen LogP contribution in [0.25, 0.3) is 11.3 Å². The molecule has 0 saturated heterocycles. The maximum absolute atomic E-state index is 12.7. The Morgan fingerprint density at radius 3 is 2.50 bits per heavy atom. The first-order valence-corrected chi connectivity index (χ1v) is 8.93. The quantitative estimate of drug-likeness (QED) is 0.616. The van der Waals surface area contributed by atoms with Crippen LogP contribution >= 0.6 is 11.6 Å². The molecule has 0 atom stereocenters. The van der Waals surface area contributed by atoms with Crippen LogP contribution < -0.4 is 0 Å². The summed E-state index contributed by atoms with van der Waals surface area (Å²) in [7, 11) is 0. The second-order valence-corrected chi connectivity index (χ2v) is 6.76. The Bertz CT molecular complexity index is 916. The number of aryl methyl sites for hydroxylation is 2. The largest absolute Gasteiger partial charge is 0.356 e. The average Bonchev–Trinajstić information content (AvgIpc) is 3.08. The van der Waals surface area contributed by atoms with Gasteiger partial charge in [0.05, 0.1) is 6.54 Å². The number of benzene rings is 2. The van der Waals surface area contributed by atoms with Gasteiger partial charge in [-0.05, 0) is 50.6 Å². The van der Waals surface area contributed by atoms with Gasteiger partial charge in [0.2, 0.25) is 0 Å². The number of amides is 1. The number of halogens is 1. The molecule has 4 nitrogen and oxygen atoms in total. The van der Waals surface area contributed by atoms with Gasteiger partial charge in [-0.15, -0.1) is 0 Å². The SMILES string of the molecule is CCN(Cc1cc(-c2ccc(C)cc2C)on1)C(=O)c1ccc(Cl)cc1. The fraction of sp³-hybridized carbons (Fsp3) is 0.238. The lowest BCUT2D eigenvalue weighted by molar-refractivity contribution is 0.0749. The number of rotatable bonds is 5. The molecular formula is C21H21ClN2O2. The third-order valence-corrected chi connectivity index (χ3v) is 4.57. The molecule has 0 fully saturated rings. The minimum Gasteiger partial charge on any atom is -0.356 e. The molecule has 1 heterocycles. The molecule has 0 unspecified atom stereocenters. The fourth-order valence-electron chi connectivity index (χ4n) is 2.90. The molecule has 0 radical (unpaired) electrons. The van der Waals surface area contributed by atoms with E-state index in [1.807, 2.05) is 32.0 Å². The van der Waals surface area contributed by atoms with Crippen molar-refractivity contribution < 1.29 is 9.32 Å². The smallest absolute Gasteiger partial charge is 0.254 e. The second kappa shape index (κ2) is 7.75. The number of hydrogen-bond acceptors (Lipinski definition) is 3. The predicted molar refractivity (Wildman–Crippen MR) is 103 cm³/mol. The summed E-state index contributed by atoms with van der Waals surface area (Å²) in [5.41, 5.74) is 4.69. The number of carbonyl (C=O) groups excluding carboxylic acids is 1. The van der Waals surface area contributed by atoms with E-state index in [0.717, 1.165) is 16.8 Å². The summed E-state index contributed by atoms with van der Waals surface area (Å²) in [4.78, 5) is 14.4. The molecule has 0 saturated carbocycles. The van der Waals surface area contributed by atoms with E-state index in [4.69, 9.17) is 16.1 Å². The van der Waals surface area contributed by atoms with Crippen LogP contribution in [-0.4, -0.2) is 22.5 Å². The number of nitrogens with zero attached hydrogens (tertiary/aromatic N) is 2. The van der Waals surface area contributed by atoms with Crippen molar-refractivity contribution in [3.05, 3.63) is 75.9 Å². The normalized spacial score (nSPS) is 10.8. The van der Waals surface area contributed by atoms with Crippen LogP contribution in [-0.2, 0) is 6.54 Å². The maximum Gasteiger partial charge on any atom is 0.254 e. The van der Waals surface area contributed by atoms with Gasteiger partial charge in [0.25, 0.3) is 5.91 Å². The summed E-state index contributed by atoms with van der Waals surface area (Å²) >= 11 is 5.90. The lowest BCUT2D eigenvalue weighted by Gasteiger charge is -2.19. The van der Waals surface area contributed by atoms with E-state index in [0.29, 0.717) is 29.4 Å². The van der Waals surface area contributed by atoms with Gasteiger partial charge in [-0.2, -0.15) is 0 Å². The molecule has 3 rings (SSSR count). The molecule has 0 aliphatic heterocycles. The van der Waals surface area contributed by atoms with Crippen LogP contribution in [0.1, 0.15) is 34.1 Å². The first-order chi connectivity index (χ1) is 12.5. The Hall–Kier alpha value is -2.59. The summed E-state index contributed by atoms with van der Waals surface area (Å²) < 4.78 is 5.51. The molecule has 0 aliphatic carbocycles. The molecule has 3 aromatic rings. The van der Waals surface area contributed by atoms with E-state index in [-0.39, 0.29) is 5.91 Å². The van der Waals surface area contributed by atoms with E-state index in [1.165, 1.54) is 5.56 Å². The average molecular weight is 369 g/mol. The van der Waals surface area contributed by atoms with Crippen LogP contribution in [0, 0.1) is 13.8 Å². The van der Waals surface area contributed by atoms with Gasteiger partial charge < -0.3 is 9.42 Å². The van der Waals surface area contributed by atoms with Crippen LogP contribution in [0.15, 0.2) is 53.1 Å². The Morgan fingerprint density at radius 1 is 1.12 bits per heavy atom. The summed E-state index contributed by atoms with van der Waals surface area (Å²) in [6, 6.07) is 15.0. The Balaban J connectivity index is 1.78. The highest BCUT2D eigenvalue weighted by Crippen LogP contribution is 2.25. The van der Waals surface area contributed by atoms with Crippen molar-refractivity contribution in [2.24, 2.45) is 0 Å². The summed E-state index contributed by atoms with van der Waals surface area (Å²) in [6.45, 7) is 7.02. The van der Waals surface area contributed by atoms with Gasteiger partial charge in [0.1, 0.15) is 5.69 Å². The zero-order valence-corrected chi connectivity index (χ0v) is 15.9. The van der Waals surface area contributed by atoms with Crippen LogP contribution in [0.4, 0.5) is 0 Å². The van der Waals surface area contributed by atoms with Crippen LogP contribution in [0.2, 0.25) is 5.02 Å². The summed E-state index contributed by atoms with van der Waals surface area (Å²) in [5.74, 6) is 0.660. The number of aromatic nitrogens is 1. The highest BCUT2D eigenvalue weighted by atomic mass is 35.5. The Labute approximate surface area is 158 Å². The Kier molecular flexibility index (Phi) is 5.43. The second-order valence-electron chi connectivity index (χ2n) is 6.33. The molecule has 0 aliphatic rings. The van der Waals surface area contributed by atoms with Gasteiger partial charge in [-0.3, -0.25) is 4.79 Å². The molecule has 0 bridgehead atoms. The van der Waals surface area contributed by atoms with Gasteiger partial charge in [0.15, 0.2) is 5.76 Å². The van der Waals surface area contributed by atoms with Gasteiger partial charge in [-0.25, -0.2) is 0 Å². The molecule has 26 heavy (non-hydrogen) atoms. The van der Waals surface area contributed by atoms with E-state index in [9.17, 15) is 4.79 Å². The van der Waals surface area contributed by atoms with E-state index in [2.05, 4.69) is 18.1 Å². The topological polar surface area (TPSA) is 46.3 Å². The first kappa shape index (κ1) is 18.2.